The van der Waals surface area contributed by atoms with Gasteiger partial charge in [-0.3, -0.25) is 4.68 Å². The van der Waals surface area contributed by atoms with Crippen LogP contribution in [0.5, 0.6) is 5.75 Å². The Balaban J connectivity index is 2.06. The Bertz CT molecular complexity index is 505. The van der Waals surface area contributed by atoms with E-state index in [4.69, 9.17) is 4.74 Å². The van der Waals surface area contributed by atoms with Crippen LogP contribution in [0.4, 0.5) is 0 Å². The average Bonchev–Trinajstić information content (AvgIpc) is 2.88. The minimum Gasteiger partial charge on any atom is -0.497 e. The van der Waals surface area contributed by atoms with Crippen LogP contribution in [0.25, 0.3) is 0 Å². The third-order valence-corrected chi connectivity index (χ3v) is 3.11. The smallest absolute Gasteiger partial charge is 0.118 e. The second kappa shape index (κ2) is 6.38. The highest BCUT2D eigenvalue weighted by molar-refractivity contribution is 5.28. The topological polar surface area (TPSA) is 47.3 Å². The standard InChI is InChI=1S/C15H20N2O2/c1-3-10-17-14(8-9-16-17)15(18)11-12-4-6-13(19-2)7-5-12/h4-9,15,18H,3,10-11H2,1-2H3. The number of aryl methyl sites for hydroxylation is 1. The molecule has 1 unspecified atom stereocenters. The van der Waals surface area contributed by atoms with Crippen LogP contribution in [-0.4, -0.2) is 22.0 Å². The number of hydrogen-bond acceptors (Lipinski definition) is 3. The van der Waals surface area contributed by atoms with Crippen LogP contribution in [0.3, 0.4) is 0 Å². The van der Waals surface area contributed by atoms with E-state index in [2.05, 4.69) is 12.0 Å². The van der Waals surface area contributed by atoms with Crippen molar-refractivity contribution in [2.45, 2.75) is 32.4 Å². The first-order valence-corrected chi connectivity index (χ1v) is 6.57. The van der Waals surface area contributed by atoms with Crippen molar-refractivity contribution in [3.8, 4) is 5.75 Å². The Kier molecular flexibility index (Phi) is 4.58. The van der Waals surface area contributed by atoms with Crippen molar-refractivity contribution >= 4 is 0 Å². The molecule has 0 fully saturated rings. The predicted molar refractivity (Wildman–Crippen MR) is 74.2 cm³/mol. The SMILES string of the molecule is CCCn1nccc1C(O)Cc1ccc(OC)cc1. The second-order valence-electron chi connectivity index (χ2n) is 4.55. The molecule has 4 heteroatoms. The Morgan fingerprint density at radius 2 is 2.00 bits per heavy atom. The first-order chi connectivity index (χ1) is 9.24. The molecule has 0 saturated heterocycles. The van der Waals surface area contributed by atoms with Gasteiger partial charge in [0.25, 0.3) is 0 Å². The van der Waals surface area contributed by atoms with Gasteiger partial charge in [-0.05, 0) is 30.2 Å². The molecule has 1 aromatic carbocycles. The molecule has 0 aliphatic heterocycles. The van der Waals surface area contributed by atoms with Gasteiger partial charge < -0.3 is 9.84 Å². The van der Waals surface area contributed by atoms with E-state index in [-0.39, 0.29) is 0 Å². The molecule has 4 nitrogen and oxygen atoms in total. The Labute approximate surface area is 113 Å². The van der Waals surface area contributed by atoms with Crippen LogP contribution < -0.4 is 4.74 Å². The zero-order valence-corrected chi connectivity index (χ0v) is 11.4. The van der Waals surface area contributed by atoms with Crippen molar-refractivity contribution in [3.05, 3.63) is 47.8 Å². The van der Waals surface area contributed by atoms with Crippen molar-refractivity contribution in [1.82, 2.24) is 9.78 Å². The molecule has 1 heterocycles. The highest BCUT2D eigenvalue weighted by atomic mass is 16.5. The summed E-state index contributed by atoms with van der Waals surface area (Å²) in [5.74, 6) is 0.828. The summed E-state index contributed by atoms with van der Waals surface area (Å²) >= 11 is 0. The summed E-state index contributed by atoms with van der Waals surface area (Å²) in [4.78, 5) is 0. The fourth-order valence-electron chi connectivity index (χ4n) is 2.11. The largest absolute Gasteiger partial charge is 0.497 e. The van der Waals surface area contributed by atoms with Gasteiger partial charge >= 0.3 is 0 Å². The first kappa shape index (κ1) is 13.6. The normalized spacial score (nSPS) is 12.4. The van der Waals surface area contributed by atoms with Crippen molar-refractivity contribution in [2.24, 2.45) is 0 Å². The molecule has 0 aliphatic rings. The third kappa shape index (κ3) is 3.35. The van der Waals surface area contributed by atoms with Crippen molar-refractivity contribution in [1.29, 1.82) is 0 Å². The van der Waals surface area contributed by atoms with Crippen LogP contribution in [0.1, 0.15) is 30.7 Å². The van der Waals surface area contributed by atoms with Crippen LogP contribution in [0.15, 0.2) is 36.5 Å². The molecular formula is C15H20N2O2. The van der Waals surface area contributed by atoms with E-state index in [1.165, 1.54) is 0 Å². The van der Waals surface area contributed by atoms with E-state index in [1.807, 2.05) is 35.0 Å². The highest BCUT2D eigenvalue weighted by Crippen LogP contribution is 2.20. The maximum absolute atomic E-state index is 10.3. The Morgan fingerprint density at radius 3 is 2.63 bits per heavy atom. The van der Waals surface area contributed by atoms with Crippen molar-refractivity contribution < 1.29 is 9.84 Å². The number of aliphatic hydroxyl groups excluding tert-OH is 1. The van der Waals surface area contributed by atoms with Gasteiger partial charge in [0.05, 0.1) is 18.9 Å². The molecule has 0 amide bonds. The molecule has 0 bridgehead atoms. The van der Waals surface area contributed by atoms with Gasteiger partial charge in [0.2, 0.25) is 0 Å². The van der Waals surface area contributed by atoms with Crippen molar-refractivity contribution in [3.63, 3.8) is 0 Å². The van der Waals surface area contributed by atoms with Gasteiger partial charge in [-0.25, -0.2) is 0 Å². The summed E-state index contributed by atoms with van der Waals surface area (Å²) in [6, 6.07) is 9.64. The summed E-state index contributed by atoms with van der Waals surface area (Å²) < 4.78 is 6.99. The van der Waals surface area contributed by atoms with Gasteiger partial charge in [-0.2, -0.15) is 5.10 Å². The van der Waals surface area contributed by atoms with Crippen molar-refractivity contribution in [2.75, 3.05) is 7.11 Å². The molecule has 1 atom stereocenters. The third-order valence-electron chi connectivity index (χ3n) is 3.11. The minimum atomic E-state index is -0.526. The van der Waals surface area contributed by atoms with E-state index in [9.17, 15) is 5.11 Å². The van der Waals surface area contributed by atoms with Crippen LogP contribution in [-0.2, 0) is 13.0 Å². The lowest BCUT2D eigenvalue weighted by molar-refractivity contribution is 0.166. The first-order valence-electron chi connectivity index (χ1n) is 6.57. The summed E-state index contributed by atoms with van der Waals surface area (Å²) in [6.45, 7) is 2.93. The molecule has 2 aromatic rings. The fourth-order valence-corrected chi connectivity index (χ4v) is 2.11. The summed E-state index contributed by atoms with van der Waals surface area (Å²) in [5, 5.41) is 14.5. The maximum Gasteiger partial charge on any atom is 0.118 e. The zero-order chi connectivity index (χ0) is 13.7. The number of ether oxygens (including phenoxy) is 1. The summed E-state index contributed by atoms with van der Waals surface area (Å²) in [7, 11) is 1.65. The predicted octanol–water partition coefficient (Wildman–Crippen LogP) is 2.58. The van der Waals surface area contributed by atoms with Gasteiger partial charge in [-0.15, -0.1) is 0 Å². The zero-order valence-electron chi connectivity index (χ0n) is 11.4. The van der Waals surface area contributed by atoms with Gasteiger partial charge in [-0.1, -0.05) is 19.1 Å². The number of methoxy groups -OCH3 is 1. The Morgan fingerprint density at radius 1 is 1.26 bits per heavy atom. The molecule has 2 rings (SSSR count). The number of hydrogen-bond donors (Lipinski definition) is 1. The van der Waals surface area contributed by atoms with E-state index < -0.39 is 6.10 Å². The number of benzene rings is 1. The van der Waals surface area contributed by atoms with E-state index in [0.717, 1.165) is 30.0 Å². The van der Waals surface area contributed by atoms with Gasteiger partial charge in [0.15, 0.2) is 0 Å². The molecule has 102 valence electrons. The molecule has 1 N–H and O–H groups in total. The molecule has 0 aliphatic carbocycles. The molecule has 0 spiro atoms. The van der Waals surface area contributed by atoms with E-state index >= 15 is 0 Å². The lowest BCUT2D eigenvalue weighted by atomic mass is 10.1. The average molecular weight is 260 g/mol. The summed E-state index contributed by atoms with van der Waals surface area (Å²) in [5.41, 5.74) is 1.95. The lowest BCUT2D eigenvalue weighted by Crippen LogP contribution is -2.11. The number of rotatable bonds is 6. The minimum absolute atomic E-state index is 0.526. The molecule has 19 heavy (non-hydrogen) atoms. The molecular weight excluding hydrogens is 240 g/mol. The van der Waals surface area contributed by atoms with Gasteiger partial charge in [0.1, 0.15) is 5.75 Å². The second-order valence-corrected chi connectivity index (χ2v) is 4.55. The monoisotopic (exact) mass is 260 g/mol. The van der Waals surface area contributed by atoms with Crippen LogP contribution in [0.2, 0.25) is 0 Å². The Hall–Kier alpha value is -1.81. The fraction of sp³-hybridized carbons (Fsp3) is 0.400. The number of aromatic nitrogens is 2. The molecule has 1 aromatic heterocycles. The maximum atomic E-state index is 10.3. The lowest BCUT2D eigenvalue weighted by Gasteiger charge is -2.13. The van der Waals surface area contributed by atoms with Crippen LogP contribution >= 0.6 is 0 Å². The van der Waals surface area contributed by atoms with Gasteiger partial charge in [0, 0.05) is 19.2 Å². The van der Waals surface area contributed by atoms with Crippen LogP contribution in [0, 0.1) is 0 Å². The molecule has 0 radical (unpaired) electrons. The molecule has 0 saturated carbocycles. The number of nitrogens with zero attached hydrogens (tertiary/aromatic N) is 2. The summed E-state index contributed by atoms with van der Waals surface area (Å²) in [6.07, 6.45) is 2.80. The number of aliphatic hydroxyl groups is 1. The van der Waals surface area contributed by atoms with E-state index in [1.54, 1.807) is 13.3 Å². The quantitative estimate of drug-likeness (QED) is 0.868. The highest BCUT2D eigenvalue weighted by Gasteiger charge is 2.13. The van der Waals surface area contributed by atoms with E-state index in [0.29, 0.717) is 6.42 Å².